The Morgan fingerprint density at radius 1 is 1.09 bits per heavy atom. The van der Waals surface area contributed by atoms with Crippen molar-refractivity contribution >= 4 is 40.2 Å². The molecule has 1 aromatic carbocycles. The number of hydrogen-bond donors (Lipinski definition) is 1. The summed E-state index contributed by atoms with van der Waals surface area (Å²) in [5.74, 6) is -0.237. The van der Waals surface area contributed by atoms with Crippen molar-refractivity contribution in [3.63, 3.8) is 0 Å². The third kappa shape index (κ3) is 4.59. The van der Waals surface area contributed by atoms with Gasteiger partial charge in [0.1, 0.15) is 11.4 Å². The Bertz CT molecular complexity index is 1400. The molecule has 0 atom stereocenters. The highest BCUT2D eigenvalue weighted by Crippen LogP contribution is 2.26. The monoisotopic (exact) mass is 498 g/mol. The highest BCUT2D eigenvalue weighted by atomic mass is 35.5. The maximum Gasteiger partial charge on any atom is 0.312 e. The van der Waals surface area contributed by atoms with Crippen LogP contribution >= 0.6 is 22.9 Å². The molecule has 11 heteroatoms. The Kier molecular flexibility index (Phi) is 6.54. The second-order valence-corrected chi connectivity index (χ2v) is 9.32. The quantitative estimate of drug-likeness (QED) is 0.275. The van der Waals surface area contributed by atoms with Crippen molar-refractivity contribution < 1.29 is 9.72 Å². The number of aromatic nitrogens is 4. The van der Waals surface area contributed by atoms with Crippen molar-refractivity contribution in [2.24, 2.45) is 0 Å². The van der Waals surface area contributed by atoms with Gasteiger partial charge in [-0.25, -0.2) is 0 Å². The summed E-state index contributed by atoms with van der Waals surface area (Å²) < 4.78 is 3.41. The van der Waals surface area contributed by atoms with E-state index in [0.717, 1.165) is 16.8 Å². The van der Waals surface area contributed by atoms with Crippen LogP contribution in [0.3, 0.4) is 0 Å². The van der Waals surface area contributed by atoms with E-state index in [1.165, 1.54) is 11.3 Å². The Labute approximate surface area is 205 Å². The number of anilines is 1. The predicted molar refractivity (Wildman–Crippen MR) is 132 cm³/mol. The number of halogens is 1. The molecule has 0 fully saturated rings. The molecule has 9 nitrogen and oxygen atoms in total. The number of nitrogens with one attached hydrogen (secondary N) is 1. The van der Waals surface area contributed by atoms with Gasteiger partial charge in [-0.2, -0.15) is 10.2 Å². The third-order valence-electron chi connectivity index (χ3n) is 5.63. The highest BCUT2D eigenvalue weighted by molar-refractivity contribution is 7.12. The molecular formula is C23H23ClN6O3S. The van der Waals surface area contributed by atoms with Gasteiger partial charge in [-0.05, 0) is 56.3 Å². The number of carbonyl (C=O) groups excluding carboxylic acids is 1. The van der Waals surface area contributed by atoms with Crippen LogP contribution in [0.2, 0.25) is 5.02 Å². The Morgan fingerprint density at radius 3 is 2.44 bits per heavy atom. The number of benzene rings is 1. The molecule has 0 aliphatic heterocycles. The predicted octanol–water partition coefficient (Wildman–Crippen LogP) is 5.29. The number of aryl methyl sites for hydroxylation is 2. The van der Waals surface area contributed by atoms with E-state index in [4.69, 9.17) is 11.6 Å². The van der Waals surface area contributed by atoms with Crippen LogP contribution in [0.15, 0.2) is 35.7 Å². The second-order valence-electron chi connectivity index (χ2n) is 8.00. The SMILES string of the molecule is Cc1nn(Cc2ccccc2Cl)c(C)c1NC(=O)c1cc(Cn2nc(C)c([N+](=O)[O-])c2C)cs1. The van der Waals surface area contributed by atoms with E-state index in [1.54, 1.807) is 24.6 Å². The lowest BCUT2D eigenvalue weighted by molar-refractivity contribution is -0.386. The van der Waals surface area contributed by atoms with Gasteiger partial charge in [0.15, 0.2) is 0 Å². The van der Waals surface area contributed by atoms with Crippen LogP contribution < -0.4 is 5.32 Å². The molecule has 3 aromatic heterocycles. The number of hydrogen-bond acceptors (Lipinski definition) is 6. The van der Waals surface area contributed by atoms with Gasteiger partial charge in [-0.3, -0.25) is 24.3 Å². The summed E-state index contributed by atoms with van der Waals surface area (Å²) in [6.07, 6.45) is 0. The molecule has 0 saturated carbocycles. The number of nitrogens with zero attached hydrogens (tertiary/aromatic N) is 5. The molecule has 3 heterocycles. The normalized spacial score (nSPS) is 11.1. The standard InChI is InChI=1S/C23H23ClN6O3S/c1-13-21(15(3)29(26-13)11-18-7-5-6-8-19(18)24)25-23(31)20-9-17(12-34-20)10-28-16(4)22(30(32)33)14(2)27-28/h5-9,12H,10-11H2,1-4H3,(H,25,31). The first-order valence-electron chi connectivity index (χ1n) is 10.5. The second kappa shape index (κ2) is 9.40. The topological polar surface area (TPSA) is 108 Å². The third-order valence-corrected chi connectivity index (χ3v) is 6.98. The zero-order valence-electron chi connectivity index (χ0n) is 19.1. The summed E-state index contributed by atoms with van der Waals surface area (Å²) in [5.41, 5.74) is 4.88. The van der Waals surface area contributed by atoms with E-state index in [-0.39, 0.29) is 11.6 Å². The summed E-state index contributed by atoms with van der Waals surface area (Å²) in [5, 5.41) is 25.6. The van der Waals surface area contributed by atoms with Gasteiger partial charge in [-0.15, -0.1) is 11.3 Å². The molecule has 0 bridgehead atoms. The van der Waals surface area contributed by atoms with E-state index in [1.807, 2.05) is 48.2 Å². The molecule has 0 aliphatic rings. The van der Waals surface area contributed by atoms with Gasteiger partial charge in [0, 0.05) is 5.02 Å². The van der Waals surface area contributed by atoms with Gasteiger partial charge in [0.2, 0.25) is 0 Å². The Balaban J connectivity index is 1.49. The van der Waals surface area contributed by atoms with Crippen LogP contribution in [0.5, 0.6) is 0 Å². The molecule has 0 unspecified atom stereocenters. The van der Waals surface area contributed by atoms with Crippen LogP contribution in [0.4, 0.5) is 11.4 Å². The summed E-state index contributed by atoms with van der Waals surface area (Å²) >= 11 is 7.59. The zero-order chi connectivity index (χ0) is 24.6. The van der Waals surface area contributed by atoms with Gasteiger partial charge < -0.3 is 5.32 Å². The van der Waals surface area contributed by atoms with Crippen molar-refractivity contribution in [1.82, 2.24) is 19.6 Å². The zero-order valence-corrected chi connectivity index (χ0v) is 20.7. The molecule has 1 N–H and O–H groups in total. The van der Waals surface area contributed by atoms with E-state index in [2.05, 4.69) is 15.5 Å². The fourth-order valence-electron chi connectivity index (χ4n) is 3.85. The Morgan fingerprint density at radius 2 is 1.76 bits per heavy atom. The molecule has 1 amide bonds. The van der Waals surface area contributed by atoms with Gasteiger partial charge in [0.05, 0.1) is 40.0 Å². The van der Waals surface area contributed by atoms with E-state index in [0.29, 0.717) is 45.8 Å². The molecular weight excluding hydrogens is 476 g/mol. The summed E-state index contributed by atoms with van der Waals surface area (Å²) in [6.45, 7) is 7.89. The van der Waals surface area contributed by atoms with Gasteiger partial charge >= 0.3 is 5.69 Å². The van der Waals surface area contributed by atoms with Crippen molar-refractivity contribution in [1.29, 1.82) is 0 Å². The first kappa shape index (κ1) is 23.7. The highest BCUT2D eigenvalue weighted by Gasteiger charge is 2.22. The molecule has 0 saturated heterocycles. The smallest absolute Gasteiger partial charge is 0.312 e. The minimum absolute atomic E-state index is 0.0212. The molecule has 34 heavy (non-hydrogen) atoms. The summed E-state index contributed by atoms with van der Waals surface area (Å²) in [4.78, 5) is 24.3. The van der Waals surface area contributed by atoms with Crippen LogP contribution in [0.25, 0.3) is 0 Å². The number of nitro groups is 1. The lowest BCUT2D eigenvalue weighted by Gasteiger charge is -2.08. The van der Waals surface area contributed by atoms with Crippen LogP contribution in [-0.2, 0) is 13.1 Å². The lowest BCUT2D eigenvalue weighted by atomic mass is 10.2. The molecule has 4 rings (SSSR count). The lowest BCUT2D eigenvalue weighted by Crippen LogP contribution is -2.12. The maximum atomic E-state index is 12.9. The van der Waals surface area contributed by atoms with Gasteiger partial charge in [0.25, 0.3) is 5.91 Å². The minimum atomic E-state index is -0.419. The molecule has 0 aliphatic carbocycles. The molecule has 4 aromatic rings. The molecule has 0 spiro atoms. The fourth-order valence-corrected chi connectivity index (χ4v) is 4.84. The number of amides is 1. The van der Waals surface area contributed by atoms with Crippen molar-refractivity contribution in [2.75, 3.05) is 5.32 Å². The fraction of sp³-hybridized carbons (Fsp3) is 0.261. The largest absolute Gasteiger partial charge is 0.318 e. The van der Waals surface area contributed by atoms with E-state index in [9.17, 15) is 14.9 Å². The van der Waals surface area contributed by atoms with Crippen LogP contribution in [0, 0.1) is 37.8 Å². The number of thiophene rings is 1. The average Bonchev–Trinajstić information content (AvgIpc) is 3.43. The first-order chi connectivity index (χ1) is 16.2. The Hall–Kier alpha value is -3.50. The summed E-state index contributed by atoms with van der Waals surface area (Å²) in [6, 6.07) is 9.37. The van der Waals surface area contributed by atoms with Crippen LogP contribution in [0.1, 0.15) is 43.6 Å². The van der Waals surface area contributed by atoms with Crippen molar-refractivity contribution in [3.05, 3.63) is 89.6 Å². The van der Waals surface area contributed by atoms with Gasteiger partial charge in [-0.1, -0.05) is 29.8 Å². The maximum absolute atomic E-state index is 12.9. The number of carbonyl (C=O) groups is 1. The summed E-state index contributed by atoms with van der Waals surface area (Å²) in [7, 11) is 0. The van der Waals surface area contributed by atoms with E-state index >= 15 is 0 Å². The number of rotatable bonds is 7. The van der Waals surface area contributed by atoms with E-state index < -0.39 is 4.92 Å². The van der Waals surface area contributed by atoms with Crippen molar-refractivity contribution in [2.45, 2.75) is 40.8 Å². The molecule has 0 radical (unpaired) electrons. The van der Waals surface area contributed by atoms with Crippen molar-refractivity contribution in [3.8, 4) is 0 Å². The van der Waals surface area contributed by atoms with Crippen LogP contribution in [-0.4, -0.2) is 30.4 Å². The minimum Gasteiger partial charge on any atom is -0.318 e. The first-order valence-corrected chi connectivity index (χ1v) is 11.8. The average molecular weight is 499 g/mol. The molecule has 176 valence electrons.